The molecule has 1 aromatic carbocycles. The Morgan fingerprint density at radius 3 is 3.00 bits per heavy atom. The van der Waals surface area contributed by atoms with Crippen LogP contribution in [0.1, 0.15) is 5.56 Å². The Kier molecular flexibility index (Phi) is 2.78. The van der Waals surface area contributed by atoms with Gasteiger partial charge in [-0.2, -0.15) is 0 Å². The molecule has 0 amide bonds. The predicted molar refractivity (Wildman–Crippen MR) is 73.8 cm³/mol. The number of aromatic nitrogens is 2. The predicted octanol–water partition coefficient (Wildman–Crippen LogP) is 1.65. The average Bonchev–Trinajstić information content (AvgIpc) is 2.45. The topological polar surface area (TPSA) is 61.3 Å². The van der Waals surface area contributed by atoms with Crippen molar-refractivity contribution in [1.29, 1.82) is 0 Å². The molecule has 0 atom stereocenters. The molecule has 0 radical (unpaired) electrons. The van der Waals surface area contributed by atoms with Crippen LogP contribution in [0.2, 0.25) is 0 Å². The van der Waals surface area contributed by atoms with Crippen LogP contribution in [0.3, 0.4) is 0 Å². The first-order valence-corrected chi connectivity index (χ1v) is 5.85. The van der Waals surface area contributed by atoms with Gasteiger partial charge in [0.05, 0.1) is 11.4 Å². The molecule has 0 saturated carbocycles. The number of nitrogens with zero attached hydrogens (tertiary/aromatic N) is 3. The van der Waals surface area contributed by atoms with Crippen molar-refractivity contribution >= 4 is 23.0 Å². The summed E-state index contributed by atoms with van der Waals surface area (Å²) >= 11 is 0. The van der Waals surface area contributed by atoms with Crippen molar-refractivity contribution in [2.75, 3.05) is 23.9 Å². The highest BCUT2D eigenvalue weighted by molar-refractivity contribution is 5.88. The second-order valence-electron chi connectivity index (χ2n) is 4.10. The maximum absolute atomic E-state index is 8.72. The maximum Gasteiger partial charge on any atom is 0.176 e. The number of hydrogen-bond acceptors (Lipinski definition) is 5. The zero-order valence-corrected chi connectivity index (χ0v) is 10.4. The van der Waals surface area contributed by atoms with Crippen molar-refractivity contribution < 1.29 is 5.11 Å². The highest BCUT2D eigenvalue weighted by Gasteiger charge is 2.21. The Bertz CT molecular complexity index is 687. The number of aliphatic hydroxyl groups excluding tert-OH is 1. The van der Waals surface area contributed by atoms with Crippen LogP contribution in [0.25, 0.3) is 0 Å². The van der Waals surface area contributed by atoms with E-state index >= 15 is 0 Å². The minimum atomic E-state index is -0.140. The zero-order chi connectivity index (χ0) is 13.2. The molecule has 0 aliphatic carbocycles. The van der Waals surface area contributed by atoms with E-state index in [9.17, 15) is 0 Å². The summed E-state index contributed by atoms with van der Waals surface area (Å²) in [4.78, 5) is 10.6. The molecule has 0 unspecified atom stereocenters. The van der Waals surface area contributed by atoms with Gasteiger partial charge < -0.3 is 15.3 Å². The number of anilines is 4. The van der Waals surface area contributed by atoms with Crippen LogP contribution in [0.5, 0.6) is 0 Å². The van der Waals surface area contributed by atoms with Gasteiger partial charge in [-0.25, -0.2) is 9.97 Å². The van der Waals surface area contributed by atoms with Crippen molar-refractivity contribution in [3.05, 3.63) is 36.2 Å². The zero-order valence-electron chi connectivity index (χ0n) is 10.4. The van der Waals surface area contributed by atoms with Crippen molar-refractivity contribution in [2.45, 2.75) is 0 Å². The maximum atomic E-state index is 8.72. The fourth-order valence-corrected chi connectivity index (χ4v) is 2.05. The summed E-state index contributed by atoms with van der Waals surface area (Å²) < 4.78 is 0. The first-order valence-electron chi connectivity index (χ1n) is 5.85. The standard InChI is InChI=1S/C14H12N4O/c1-18-12-5-4-10(3-2-8-19)9-11(12)17-13-14(18)16-7-6-15-13/h4-7,9,19H,8H2,1H3,(H,15,17). The molecule has 1 aliphatic heterocycles. The molecular weight excluding hydrogens is 240 g/mol. The quantitative estimate of drug-likeness (QED) is 0.698. The average molecular weight is 252 g/mol. The summed E-state index contributed by atoms with van der Waals surface area (Å²) in [6, 6.07) is 5.83. The third-order valence-electron chi connectivity index (χ3n) is 2.92. The van der Waals surface area contributed by atoms with Gasteiger partial charge in [0.25, 0.3) is 0 Å². The fourth-order valence-electron chi connectivity index (χ4n) is 2.05. The number of benzene rings is 1. The van der Waals surface area contributed by atoms with Gasteiger partial charge in [0.1, 0.15) is 6.61 Å². The minimum Gasteiger partial charge on any atom is -0.384 e. The van der Waals surface area contributed by atoms with Gasteiger partial charge in [-0.3, -0.25) is 0 Å². The molecule has 0 saturated heterocycles. The lowest BCUT2D eigenvalue weighted by Gasteiger charge is -2.28. The van der Waals surface area contributed by atoms with Gasteiger partial charge in [-0.1, -0.05) is 11.8 Å². The summed E-state index contributed by atoms with van der Waals surface area (Å²) in [7, 11) is 1.95. The van der Waals surface area contributed by atoms with Crippen LogP contribution < -0.4 is 10.2 Å². The van der Waals surface area contributed by atoms with E-state index < -0.39 is 0 Å². The van der Waals surface area contributed by atoms with Crippen LogP contribution in [-0.2, 0) is 0 Å². The summed E-state index contributed by atoms with van der Waals surface area (Å²) in [5.74, 6) is 7.05. The van der Waals surface area contributed by atoms with Crippen molar-refractivity contribution in [3.63, 3.8) is 0 Å². The molecule has 0 spiro atoms. The summed E-state index contributed by atoms with van der Waals surface area (Å²) in [5, 5.41) is 12.0. The largest absolute Gasteiger partial charge is 0.384 e. The van der Waals surface area contributed by atoms with E-state index in [-0.39, 0.29) is 6.61 Å². The molecule has 2 heterocycles. The highest BCUT2D eigenvalue weighted by Crippen LogP contribution is 2.40. The van der Waals surface area contributed by atoms with Crippen LogP contribution in [0.15, 0.2) is 30.6 Å². The second kappa shape index (κ2) is 4.59. The van der Waals surface area contributed by atoms with Gasteiger partial charge in [-0.05, 0) is 18.2 Å². The number of fused-ring (bicyclic) bond motifs is 2. The van der Waals surface area contributed by atoms with Gasteiger partial charge in [0.15, 0.2) is 11.6 Å². The Morgan fingerprint density at radius 1 is 1.32 bits per heavy atom. The van der Waals surface area contributed by atoms with Gasteiger partial charge in [-0.15, -0.1) is 0 Å². The smallest absolute Gasteiger partial charge is 0.176 e. The molecule has 0 fully saturated rings. The Morgan fingerprint density at radius 2 is 2.16 bits per heavy atom. The molecular formula is C14H12N4O. The molecule has 19 heavy (non-hydrogen) atoms. The molecule has 1 aliphatic rings. The van der Waals surface area contributed by atoms with Gasteiger partial charge >= 0.3 is 0 Å². The molecule has 94 valence electrons. The SMILES string of the molecule is CN1c2ccc(C#CCO)cc2Nc2nccnc21. The van der Waals surface area contributed by atoms with E-state index in [2.05, 4.69) is 27.1 Å². The normalized spacial score (nSPS) is 11.8. The monoisotopic (exact) mass is 252 g/mol. The number of nitrogens with one attached hydrogen (secondary N) is 1. The lowest BCUT2D eigenvalue weighted by molar-refractivity contribution is 0.350. The van der Waals surface area contributed by atoms with Crippen LogP contribution in [0, 0.1) is 11.8 Å². The van der Waals surface area contributed by atoms with E-state index in [1.165, 1.54) is 0 Å². The van der Waals surface area contributed by atoms with Crippen LogP contribution in [-0.4, -0.2) is 28.7 Å². The lowest BCUT2D eigenvalue weighted by Crippen LogP contribution is -2.19. The minimum absolute atomic E-state index is 0.140. The summed E-state index contributed by atoms with van der Waals surface area (Å²) in [5.41, 5.74) is 2.80. The van der Waals surface area contributed by atoms with E-state index in [0.717, 1.165) is 28.6 Å². The first-order chi connectivity index (χ1) is 9.29. The molecule has 2 N–H and O–H groups in total. The fraction of sp³-hybridized carbons (Fsp3) is 0.143. The number of aliphatic hydroxyl groups is 1. The van der Waals surface area contributed by atoms with E-state index in [1.54, 1.807) is 12.4 Å². The third-order valence-corrected chi connectivity index (χ3v) is 2.92. The van der Waals surface area contributed by atoms with E-state index in [0.29, 0.717) is 0 Å². The summed E-state index contributed by atoms with van der Waals surface area (Å²) in [6.45, 7) is -0.140. The molecule has 2 aromatic rings. The van der Waals surface area contributed by atoms with Gasteiger partial charge in [0, 0.05) is 25.0 Å². The van der Waals surface area contributed by atoms with Crippen LogP contribution >= 0.6 is 0 Å². The molecule has 3 rings (SSSR count). The summed E-state index contributed by atoms with van der Waals surface area (Å²) in [6.07, 6.45) is 3.32. The second-order valence-corrected chi connectivity index (χ2v) is 4.10. The Hall–Kier alpha value is -2.58. The molecule has 1 aromatic heterocycles. The Labute approximate surface area is 110 Å². The Balaban J connectivity index is 2.05. The number of rotatable bonds is 0. The number of hydrogen-bond donors (Lipinski definition) is 2. The van der Waals surface area contributed by atoms with Gasteiger partial charge in [0.2, 0.25) is 0 Å². The van der Waals surface area contributed by atoms with E-state index in [1.807, 2.05) is 30.1 Å². The molecule has 5 nitrogen and oxygen atoms in total. The van der Waals surface area contributed by atoms with E-state index in [4.69, 9.17) is 5.11 Å². The van der Waals surface area contributed by atoms with Crippen LogP contribution in [0.4, 0.5) is 23.0 Å². The molecule has 0 bridgehead atoms. The van der Waals surface area contributed by atoms with Crippen molar-refractivity contribution in [2.24, 2.45) is 0 Å². The van der Waals surface area contributed by atoms with Crippen molar-refractivity contribution in [3.8, 4) is 11.8 Å². The van der Waals surface area contributed by atoms with Crippen molar-refractivity contribution in [1.82, 2.24) is 9.97 Å². The highest BCUT2D eigenvalue weighted by atomic mass is 16.2. The third kappa shape index (κ3) is 1.98. The lowest BCUT2D eigenvalue weighted by atomic mass is 10.1. The first kappa shape index (κ1) is 11.5. The molecule has 5 heteroatoms.